The third-order valence-electron chi connectivity index (χ3n) is 5.94. The van der Waals surface area contributed by atoms with Gasteiger partial charge in [0.05, 0.1) is 6.04 Å². The Morgan fingerprint density at radius 1 is 0.774 bits per heavy atom. The van der Waals surface area contributed by atoms with Gasteiger partial charge in [-0.05, 0) is 59.5 Å². The first-order valence-electron chi connectivity index (χ1n) is 10.6. The lowest BCUT2D eigenvalue weighted by molar-refractivity contribution is 0.0709. The molecule has 154 valence electrons. The first-order chi connectivity index (χ1) is 15.2. The summed E-state index contributed by atoms with van der Waals surface area (Å²) in [7, 11) is 0. The minimum Gasteiger partial charge on any atom is -0.349 e. The number of carbonyl (C=O) groups excluding carboxylic acids is 1. The van der Waals surface area contributed by atoms with Crippen molar-refractivity contribution in [3.05, 3.63) is 119 Å². The fraction of sp³-hybridized carbons (Fsp3) is 0.148. The molecule has 0 bridgehead atoms. The highest BCUT2D eigenvalue weighted by atomic mass is 35.5. The van der Waals surface area contributed by atoms with Crippen LogP contribution in [0.4, 0.5) is 0 Å². The molecule has 1 amide bonds. The summed E-state index contributed by atoms with van der Waals surface area (Å²) < 4.78 is 2.26. The molecule has 1 atom stereocenters. The Kier molecular flexibility index (Phi) is 5.35. The smallest absolute Gasteiger partial charge is 0.254 e. The van der Waals surface area contributed by atoms with E-state index in [0.29, 0.717) is 17.1 Å². The lowest BCUT2D eigenvalue weighted by Crippen LogP contribution is -2.35. The van der Waals surface area contributed by atoms with Crippen LogP contribution in [0.25, 0.3) is 11.1 Å². The van der Waals surface area contributed by atoms with E-state index >= 15 is 0 Å². The number of nitrogens with zero attached hydrogens (tertiary/aromatic N) is 2. The Labute approximate surface area is 187 Å². The van der Waals surface area contributed by atoms with E-state index in [0.717, 1.165) is 35.3 Å². The second-order valence-corrected chi connectivity index (χ2v) is 8.31. The Bertz CT molecular complexity index is 1180. The van der Waals surface area contributed by atoms with Gasteiger partial charge in [0.25, 0.3) is 5.91 Å². The molecule has 0 saturated carbocycles. The summed E-state index contributed by atoms with van der Waals surface area (Å²) in [4.78, 5) is 15.7. The Balaban J connectivity index is 1.51. The van der Waals surface area contributed by atoms with Gasteiger partial charge >= 0.3 is 0 Å². The molecule has 4 heteroatoms. The average molecular weight is 427 g/mol. The van der Waals surface area contributed by atoms with Gasteiger partial charge in [-0.3, -0.25) is 4.79 Å². The number of benzene rings is 3. The van der Waals surface area contributed by atoms with Gasteiger partial charge in [0.15, 0.2) is 0 Å². The van der Waals surface area contributed by atoms with Gasteiger partial charge in [-0.2, -0.15) is 0 Å². The Morgan fingerprint density at radius 2 is 1.48 bits per heavy atom. The van der Waals surface area contributed by atoms with Gasteiger partial charge in [0, 0.05) is 35.6 Å². The molecule has 0 N–H and O–H groups in total. The van der Waals surface area contributed by atoms with Crippen LogP contribution in [0.15, 0.2) is 97.2 Å². The van der Waals surface area contributed by atoms with Crippen molar-refractivity contribution in [3.63, 3.8) is 0 Å². The zero-order valence-electron chi connectivity index (χ0n) is 17.1. The maximum absolute atomic E-state index is 13.7. The molecule has 0 saturated heterocycles. The first-order valence-corrected chi connectivity index (χ1v) is 11.0. The van der Waals surface area contributed by atoms with Crippen molar-refractivity contribution in [2.75, 3.05) is 6.54 Å². The number of fused-ring (bicyclic) bond motifs is 1. The number of halogens is 1. The van der Waals surface area contributed by atoms with E-state index < -0.39 is 0 Å². The Hall–Kier alpha value is -3.30. The van der Waals surface area contributed by atoms with Gasteiger partial charge in [-0.1, -0.05) is 66.2 Å². The third kappa shape index (κ3) is 3.89. The molecule has 1 unspecified atom stereocenters. The molecule has 2 heterocycles. The molecule has 1 aliphatic rings. The standard InChI is InChI=1S/C27H23ClN2O/c28-24-15-13-22(14-16-24)26-25-8-4-17-29(25)18-5-19-30(26)27(31)23-11-9-21(10-12-23)20-6-2-1-3-7-20/h1-4,6-17,26H,5,18-19H2. The highest BCUT2D eigenvalue weighted by molar-refractivity contribution is 6.30. The zero-order chi connectivity index (χ0) is 21.2. The second-order valence-electron chi connectivity index (χ2n) is 7.88. The van der Waals surface area contributed by atoms with Crippen LogP contribution in [0.3, 0.4) is 0 Å². The van der Waals surface area contributed by atoms with E-state index in [2.05, 4.69) is 35.0 Å². The number of rotatable bonds is 3. The Morgan fingerprint density at radius 3 is 2.23 bits per heavy atom. The predicted molar refractivity (Wildman–Crippen MR) is 125 cm³/mol. The number of hydrogen-bond acceptors (Lipinski definition) is 1. The molecule has 1 aliphatic heterocycles. The molecule has 31 heavy (non-hydrogen) atoms. The summed E-state index contributed by atoms with van der Waals surface area (Å²) in [5, 5.41) is 0.696. The van der Waals surface area contributed by atoms with Crippen molar-refractivity contribution < 1.29 is 4.79 Å². The quantitative estimate of drug-likeness (QED) is 0.370. The van der Waals surface area contributed by atoms with Crippen LogP contribution in [-0.2, 0) is 6.54 Å². The monoisotopic (exact) mass is 426 g/mol. The van der Waals surface area contributed by atoms with Gasteiger partial charge in [-0.25, -0.2) is 0 Å². The highest BCUT2D eigenvalue weighted by Gasteiger charge is 2.31. The van der Waals surface area contributed by atoms with E-state index in [4.69, 9.17) is 11.6 Å². The summed E-state index contributed by atoms with van der Waals surface area (Å²) in [6.07, 6.45) is 3.01. The number of aryl methyl sites for hydroxylation is 1. The summed E-state index contributed by atoms with van der Waals surface area (Å²) >= 11 is 6.14. The number of hydrogen-bond donors (Lipinski definition) is 0. The molecular weight excluding hydrogens is 404 g/mol. The SMILES string of the molecule is O=C(c1ccc(-c2ccccc2)cc1)N1CCCn2cccc2C1c1ccc(Cl)cc1. The average Bonchev–Trinajstić information content (AvgIpc) is 3.20. The molecular formula is C27H23ClN2O. The van der Waals surface area contributed by atoms with Gasteiger partial charge in [0.1, 0.15) is 0 Å². The van der Waals surface area contributed by atoms with E-state index in [9.17, 15) is 4.79 Å². The van der Waals surface area contributed by atoms with Crippen molar-refractivity contribution in [2.45, 2.75) is 19.0 Å². The molecule has 4 aromatic rings. The number of aromatic nitrogens is 1. The lowest BCUT2D eigenvalue weighted by Gasteiger charge is -2.31. The van der Waals surface area contributed by atoms with Crippen molar-refractivity contribution in [2.24, 2.45) is 0 Å². The summed E-state index contributed by atoms with van der Waals surface area (Å²) in [5.74, 6) is 0.0502. The highest BCUT2D eigenvalue weighted by Crippen LogP contribution is 2.34. The van der Waals surface area contributed by atoms with Crippen LogP contribution in [0, 0.1) is 0 Å². The zero-order valence-corrected chi connectivity index (χ0v) is 17.9. The van der Waals surface area contributed by atoms with Crippen LogP contribution in [0.2, 0.25) is 5.02 Å². The topological polar surface area (TPSA) is 25.2 Å². The van der Waals surface area contributed by atoms with E-state index in [1.54, 1.807) is 0 Å². The van der Waals surface area contributed by atoms with Crippen molar-refractivity contribution in [3.8, 4) is 11.1 Å². The van der Waals surface area contributed by atoms with Crippen LogP contribution < -0.4 is 0 Å². The maximum atomic E-state index is 13.7. The summed E-state index contributed by atoms with van der Waals surface area (Å²) in [6.45, 7) is 1.61. The molecule has 0 fully saturated rings. The lowest BCUT2D eigenvalue weighted by atomic mass is 9.99. The molecule has 0 spiro atoms. The molecule has 0 aliphatic carbocycles. The third-order valence-corrected chi connectivity index (χ3v) is 6.19. The molecule has 5 rings (SSSR count). The van der Waals surface area contributed by atoms with E-state index in [1.165, 1.54) is 0 Å². The summed E-state index contributed by atoms with van der Waals surface area (Å²) in [6, 6.07) is 30.0. The number of amides is 1. The van der Waals surface area contributed by atoms with E-state index in [-0.39, 0.29) is 11.9 Å². The maximum Gasteiger partial charge on any atom is 0.254 e. The minimum atomic E-state index is -0.143. The second kappa shape index (κ2) is 8.44. The van der Waals surface area contributed by atoms with Crippen LogP contribution in [-0.4, -0.2) is 21.9 Å². The van der Waals surface area contributed by atoms with Crippen molar-refractivity contribution in [1.29, 1.82) is 0 Å². The van der Waals surface area contributed by atoms with Crippen LogP contribution in [0.1, 0.15) is 34.1 Å². The minimum absolute atomic E-state index is 0.0502. The van der Waals surface area contributed by atoms with Crippen LogP contribution in [0.5, 0.6) is 0 Å². The fourth-order valence-electron chi connectivity index (χ4n) is 4.40. The fourth-order valence-corrected chi connectivity index (χ4v) is 4.52. The molecule has 1 aromatic heterocycles. The van der Waals surface area contributed by atoms with E-state index in [1.807, 2.05) is 71.6 Å². The molecule has 3 nitrogen and oxygen atoms in total. The van der Waals surface area contributed by atoms with Gasteiger partial charge in [0.2, 0.25) is 0 Å². The number of carbonyl (C=O) groups is 1. The summed E-state index contributed by atoms with van der Waals surface area (Å²) in [5.41, 5.74) is 5.16. The van der Waals surface area contributed by atoms with Crippen molar-refractivity contribution >= 4 is 17.5 Å². The predicted octanol–water partition coefficient (Wildman–Crippen LogP) is 6.44. The van der Waals surface area contributed by atoms with Crippen LogP contribution >= 0.6 is 11.6 Å². The molecule has 0 radical (unpaired) electrons. The van der Waals surface area contributed by atoms with Gasteiger partial charge in [-0.15, -0.1) is 0 Å². The largest absolute Gasteiger partial charge is 0.349 e. The first kappa shape index (κ1) is 19.7. The normalized spacial score (nSPS) is 15.9. The van der Waals surface area contributed by atoms with Crippen molar-refractivity contribution in [1.82, 2.24) is 9.47 Å². The molecule has 3 aromatic carbocycles. The van der Waals surface area contributed by atoms with Gasteiger partial charge < -0.3 is 9.47 Å².